The molecule has 4 N–H and O–H groups in total. The molecule has 0 saturated carbocycles. The molecule has 2 aromatic carbocycles. The Morgan fingerprint density at radius 2 is 1.46 bits per heavy atom. The van der Waals surface area contributed by atoms with E-state index in [2.05, 4.69) is 4.98 Å². The molecule has 3 rings (SSSR count). The van der Waals surface area contributed by atoms with Gasteiger partial charge in [0.1, 0.15) is 5.82 Å². The number of ether oxygens (including phenoxy) is 3. The molecule has 134 valence electrons. The van der Waals surface area contributed by atoms with Gasteiger partial charge in [0.25, 0.3) is 0 Å². The number of benzene rings is 2. The van der Waals surface area contributed by atoms with Crippen molar-refractivity contribution in [1.82, 2.24) is 4.98 Å². The quantitative estimate of drug-likeness (QED) is 0.682. The number of nitrogen functional groups attached to an aromatic ring is 2. The number of methoxy groups -OCH3 is 3. The molecule has 0 unspecified atom stereocenters. The van der Waals surface area contributed by atoms with E-state index >= 15 is 0 Å². The van der Waals surface area contributed by atoms with Crippen LogP contribution in [0.15, 0.2) is 48.7 Å². The highest BCUT2D eigenvalue weighted by molar-refractivity contribution is 5.81. The van der Waals surface area contributed by atoms with Crippen LogP contribution in [0, 0.1) is 0 Å². The maximum Gasteiger partial charge on any atom is 0.203 e. The molecule has 0 bridgehead atoms. The van der Waals surface area contributed by atoms with E-state index in [9.17, 15) is 0 Å². The lowest BCUT2D eigenvalue weighted by Crippen LogP contribution is -1.98. The Balaban J connectivity index is 2.15. The van der Waals surface area contributed by atoms with Gasteiger partial charge < -0.3 is 25.7 Å². The first-order valence-electron chi connectivity index (χ1n) is 7.99. The van der Waals surface area contributed by atoms with Crippen molar-refractivity contribution in [1.29, 1.82) is 0 Å². The van der Waals surface area contributed by atoms with Crippen molar-refractivity contribution in [2.24, 2.45) is 0 Å². The molecule has 6 heteroatoms. The van der Waals surface area contributed by atoms with Crippen LogP contribution in [-0.4, -0.2) is 26.3 Å². The third-order valence-electron chi connectivity index (χ3n) is 4.11. The SMILES string of the molecule is COc1cc(-c2cnc(N)c(-c3cccc(N)c3)c2)cc(OC)c1OC. The predicted octanol–water partition coefficient (Wildman–Crippen LogP) is 3.61. The van der Waals surface area contributed by atoms with Gasteiger partial charge in [0.2, 0.25) is 5.75 Å². The highest BCUT2D eigenvalue weighted by atomic mass is 16.5. The molecule has 0 radical (unpaired) electrons. The van der Waals surface area contributed by atoms with Crippen molar-refractivity contribution < 1.29 is 14.2 Å². The van der Waals surface area contributed by atoms with Crippen LogP contribution in [0.5, 0.6) is 17.2 Å². The Kier molecular flexibility index (Phi) is 4.84. The molecule has 6 nitrogen and oxygen atoms in total. The number of pyridine rings is 1. The van der Waals surface area contributed by atoms with Gasteiger partial charge in [0, 0.05) is 23.0 Å². The van der Waals surface area contributed by atoms with Gasteiger partial charge in [-0.1, -0.05) is 12.1 Å². The zero-order chi connectivity index (χ0) is 18.7. The highest BCUT2D eigenvalue weighted by Crippen LogP contribution is 2.42. The Morgan fingerprint density at radius 1 is 0.769 bits per heavy atom. The van der Waals surface area contributed by atoms with Crippen LogP contribution in [0.25, 0.3) is 22.3 Å². The van der Waals surface area contributed by atoms with Crippen molar-refractivity contribution in [3.05, 3.63) is 48.7 Å². The van der Waals surface area contributed by atoms with Gasteiger partial charge in [-0.05, 0) is 41.5 Å². The summed E-state index contributed by atoms with van der Waals surface area (Å²) in [4.78, 5) is 4.34. The minimum atomic E-state index is 0.437. The van der Waals surface area contributed by atoms with E-state index in [1.54, 1.807) is 27.5 Å². The molecule has 1 aromatic heterocycles. The van der Waals surface area contributed by atoms with Crippen molar-refractivity contribution >= 4 is 11.5 Å². The second-order valence-electron chi connectivity index (χ2n) is 5.70. The third-order valence-corrected chi connectivity index (χ3v) is 4.11. The van der Waals surface area contributed by atoms with Gasteiger partial charge in [-0.15, -0.1) is 0 Å². The van der Waals surface area contributed by atoms with Crippen molar-refractivity contribution in [2.75, 3.05) is 32.8 Å². The fourth-order valence-corrected chi connectivity index (χ4v) is 2.82. The van der Waals surface area contributed by atoms with E-state index in [1.165, 1.54) is 0 Å². The van der Waals surface area contributed by atoms with Gasteiger partial charge in [0.05, 0.1) is 21.3 Å². The van der Waals surface area contributed by atoms with Crippen LogP contribution in [0.3, 0.4) is 0 Å². The monoisotopic (exact) mass is 351 g/mol. The summed E-state index contributed by atoms with van der Waals surface area (Å²) in [5.74, 6) is 2.12. The predicted molar refractivity (Wildman–Crippen MR) is 104 cm³/mol. The Labute approximate surface area is 152 Å². The summed E-state index contributed by atoms with van der Waals surface area (Å²) >= 11 is 0. The average molecular weight is 351 g/mol. The zero-order valence-corrected chi connectivity index (χ0v) is 14.9. The lowest BCUT2D eigenvalue weighted by Gasteiger charge is -2.15. The van der Waals surface area contributed by atoms with Crippen molar-refractivity contribution in [3.63, 3.8) is 0 Å². The van der Waals surface area contributed by atoms with Gasteiger partial charge in [-0.2, -0.15) is 0 Å². The molecule has 0 spiro atoms. The molecule has 0 atom stereocenters. The van der Waals surface area contributed by atoms with E-state index in [0.29, 0.717) is 28.8 Å². The van der Waals surface area contributed by atoms with Gasteiger partial charge in [-0.3, -0.25) is 0 Å². The Morgan fingerprint density at radius 3 is 2.04 bits per heavy atom. The van der Waals surface area contributed by atoms with Crippen LogP contribution in [0.2, 0.25) is 0 Å². The van der Waals surface area contributed by atoms with Crippen LogP contribution in [-0.2, 0) is 0 Å². The second kappa shape index (κ2) is 7.23. The summed E-state index contributed by atoms with van der Waals surface area (Å²) in [6.45, 7) is 0. The summed E-state index contributed by atoms with van der Waals surface area (Å²) in [5, 5.41) is 0. The molecule has 0 aliphatic carbocycles. The second-order valence-corrected chi connectivity index (χ2v) is 5.70. The standard InChI is InChI=1S/C20H21N3O3/c1-24-17-9-13(10-18(25-2)19(17)26-3)14-8-16(20(22)23-11-14)12-5-4-6-15(21)7-12/h4-11H,21H2,1-3H3,(H2,22,23). The van der Waals surface area contributed by atoms with E-state index in [-0.39, 0.29) is 0 Å². The van der Waals surface area contributed by atoms with E-state index < -0.39 is 0 Å². The topological polar surface area (TPSA) is 92.6 Å². The molecular weight excluding hydrogens is 330 g/mol. The Hall–Kier alpha value is -3.41. The van der Waals surface area contributed by atoms with Crippen LogP contribution >= 0.6 is 0 Å². The van der Waals surface area contributed by atoms with Crippen molar-refractivity contribution in [2.45, 2.75) is 0 Å². The third kappa shape index (κ3) is 3.21. The molecular formula is C20H21N3O3. The summed E-state index contributed by atoms with van der Waals surface area (Å²) in [7, 11) is 4.74. The van der Waals surface area contributed by atoms with Gasteiger partial charge in [-0.25, -0.2) is 4.98 Å². The highest BCUT2D eigenvalue weighted by Gasteiger charge is 2.15. The number of hydrogen-bond acceptors (Lipinski definition) is 6. The largest absolute Gasteiger partial charge is 0.493 e. The van der Waals surface area contributed by atoms with Crippen LogP contribution < -0.4 is 25.7 Å². The van der Waals surface area contributed by atoms with E-state index in [4.69, 9.17) is 25.7 Å². The lowest BCUT2D eigenvalue weighted by atomic mass is 10.00. The first-order chi connectivity index (χ1) is 12.6. The van der Waals surface area contributed by atoms with Gasteiger partial charge >= 0.3 is 0 Å². The van der Waals surface area contributed by atoms with Crippen molar-refractivity contribution in [3.8, 4) is 39.5 Å². The maximum atomic E-state index is 6.09. The molecule has 0 aliphatic rings. The molecule has 3 aromatic rings. The molecule has 0 amide bonds. The maximum absolute atomic E-state index is 6.09. The first kappa shape index (κ1) is 17.4. The molecule has 0 fully saturated rings. The number of rotatable bonds is 5. The number of aromatic nitrogens is 1. The summed E-state index contributed by atoms with van der Waals surface area (Å²) < 4.78 is 16.2. The molecule has 0 saturated heterocycles. The number of nitrogens with two attached hydrogens (primary N) is 2. The van der Waals surface area contributed by atoms with E-state index in [0.717, 1.165) is 22.3 Å². The fourth-order valence-electron chi connectivity index (χ4n) is 2.82. The molecule has 26 heavy (non-hydrogen) atoms. The van der Waals surface area contributed by atoms with Crippen LogP contribution in [0.1, 0.15) is 0 Å². The minimum Gasteiger partial charge on any atom is -0.493 e. The number of nitrogens with zero attached hydrogens (tertiary/aromatic N) is 1. The minimum absolute atomic E-state index is 0.437. The zero-order valence-electron chi connectivity index (χ0n) is 14.9. The van der Waals surface area contributed by atoms with Crippen LogP contribution in [0.4, 0.5) is 11.5 Å². The summed E-state index contributed by atoms with van der Waals surface area (Å²) in [5.41, 5.74) is 16.1. The average Bonchev–Trinajstić information content (AvgIpc) is 2.67. The Bertz CT molecular complexity index is 916. The summed E-state index contributed by atoms with van der Waals surface area (Å²) in [6.07, 6.45) is 1.71. The lowest BCUT2D eigenvalue weighted by molar-refractivity contribution is 0.324. The molecule has 0 aliphatic heterocycles. The van der Waals surface area contributed by atoms with E-state index in [1.807, 2.05) is 42.5 Å². The normalized spacial score (nSPS) is 10.4. The summed E-state index contributed by atoms with van der Waals surface area (Å²) in [6, 6.07) is 13.2. The van der Waals surface area contributed by atoms with Gasteiger partial charge in [0.15, 0.2) is 11.5 Å². The number of anilines is 2. The number of hydrogen-bond donors (Lipinski definition) is 2. The fraction of sp³-hybridized carbons (Fsp3) is 0.150. The first-order valence-corrected chi connectivity index (χ1v) is 7.99. The smallest absolute Gasteiger partial charge is 0.203 e. The molecule has 1 heterocycles.